The SMILES string of the molecule is O=C(Nc1sc2c(c1C(=O)N1CCCCC1)CCCC2)[C@@H]1[C@H](C(=O)O)[C@H]2C=C[C@H]1C2. The molecule has 0 aromatic carbocycles. The van der Waals surface area contributed by atoms with Gasteiger partial charge >= 0.3 is 5.97 Å². The second kappa shape index (κ2) is 7.84. The molecule has 5 rings (SSSR count). The van der Waals surface area contributed by atoms with E-state index in [0.29, 0.717) is 10.6 Å². The van der Waals surface area contributed by atoms with Crippen molar-refractivity contribution in [2.45, 2.75) is 51.4 Å². The molecule has 7 heteroatoms. The van der Waals surface area contributed by atoms with Gasteiger partial charge in [0.2, 0.25) is 5.91 Å². The Morgan fingerprint density at radius 1 is 0.967 bits per heavy atom. The first-order chi connectivity index (χ1) is 14.5. The van der Waals surface area contributed by atoms with Gasteiger partial charge in [0.25, 0.3) is 5.91 Å². The number of carboxylic acid groups (broad SMARTS) is 1. The summed E-state index contributed by atoms with van der Waals surface area (Å²) in [6.07, 6.45) is 11.9. The molecule has 2 bridgehead atoms. The molecule has 30 heavy (non-hydrogen) atoms. The Morgan fingerprint density at radius 3 is 2.40 bits per heavy atom. The number of rotatable bonds is 4. The molecule has 160 valence electrons. The zero-order valence-electron chi connectivity index (χ0n) is 17.1. The first-order valence-corrected chi connectivity index (χ1v) is 12.0. The second-order valence-corrected chi connectivity index (χ2v) is 10.2. The highest BCUT2D eigenvalue weighted by Gasteiger charge is 2.51. The minimum absolute atomic E-state index is 0.0214. The van der Waals surface area contributed by atoms with Crippen molar-refractivity contribution in [2.75, 3.05) is 18.4 Å². The lowest BCUT2D eigenvalue weighted by Crippen LogP contribution is -2.38. The number of hydrogen-bond donors (Lipinski definition) is 2. The average Bonchev–Trinajstić information content (AvgIpc) is 3.46. The fraction of sp³-hybridized carbons (Fsp3) is 0.609. The number of aryl methyl sites for hydroxylation is 1. The number of thiophene rings is 1. The molecule has 1 saturated carbocycles. The van der Waals surface area contributed by atoms with Crippen LogP contribution in [0, 0.1) is 23.7 Å². The van der Waals surface area contributed by atoms with Crippen molar-refractivity contribution in [2.24, 2.45) is 23.7 Å². The molecule has 1 aromatic rings. The molecule has 2 heterocycles. The van der Waals surface area contributed by atoms with Crippen molar-refractivity contribution in [1.29, 1.82) is 0 Å². The van der Waals surface area contributed by atoms with Crippen LogP contribution in [0.5, 0.6) is 0 Å². The summed E-state index contributed by atoms with van der Waals surface area (Å²) in [5, 5.41) is 13.4. The Morgan fingerprint density at radius 2 is 1.67 bits per heavy atom. The molecule has 2 amide bonds. The van der Waals surface area contributed by atoms with E-state index in [2.05, 4.69) is 5.32 Å². The smallest absolute Gasteiger partial charge is 0.307 e. The monoisotopic (exact) mass is 428 g/mol. The van der Waals surface area contributed by atoms with Gasteiger partial charge in [-0.2, -0.15) is 0 Å². The number of likely N-dealkylation sites (tertiary alicyclic amines) is 1. The Balaban J connectivity index is 1.45. The number of allylic oxidation sites excluding steroid dienone is 2. The van der Waals surface area contributed by atoms with Crippen molar-refractivity contribution < 1.29 is 19.5 Å². The third kappa shape index (κ3) is 3.27. The van der Waals surface area contributed by atoms with Crippen LogP contribution in [-0.4, -0.2) is 40.9 Å². The zero-order chi connectivity index (χ0) is 20.8. The van der Waals surface area contributed by atoms with Crippen molar-refractivity contribution in [3.05, 3.63) is 28.2 Å². The van der Waals surface area contributed by atoms with Gasteiger partial charge in [0.05, 0.1) is 17.4 Å². The van der Waals surface area contributed by atoms with Gasteiger partial charge in [-0.15, -0.1) is 11.3 Å². The normalized spacial score (nSPS) is 29.7. The van der Waals surface area contributed by atoms with Gasteiger partial charge in [0.15, 0.2) is 0 Å². The van der Waals surface area contributed by atoms with Gasteiger partial charge in [-0.25, -0.2) is 0 Å². The number of amides is 2. The number of carbonyl (C=O) groups is 3. The van der Waals surface area contributed by atoms with Crippen LogP contribution >= 0.6 is 11.3 Å². The number of carbonyl (C=O) groups excluding carboxylic acids is 2. The van der Waals surface area contributed by atoms with E-state index >= 15 is 0 Å². The first-order valence-electron chi connectivity index (χ1n) is 11.2. The van der Waals surface area contributed by atoms with Crippen LogP contribution in [0.3, 0.4) is 0 Å². The molecule has 0 radical (unpaired) electrons. The van der Waals surface area contributed by atoms with E-state index in [1.807, 2.05) is 17.1 Å². The van der Waals surface area contributed by atoms with Crippen LogP contribution < -0.4 is 5.32 Å². The van der Waals surface area contributed by atoms with Crippen molar-refractivity contribution >= 4 is 34.1 Å². The number of hydrogen-bond acceptors (Lipinski definition) is 4. The molecule has 1 saturated heterocycles. The van der Waals surface area contributed by atoms with E-state index in [0.717, 1.165) is 70.0 Å². The van der Waals surface area contributed by atoms with Gasteiger partial charge in [-0.3, -0.25) is 14.4 Å². The van der Waals surface area contributed by atoms with Crippen LogP contribution in [0.2, 0.25) is 0 Å². The van der Waals surface area contributed by atoms with E-state index < -0.39 is 17.8 Å². The quantitative estimate of drug-likeness (QED) is 0.716. The minimum Gasteiger partial charge on any atom is -0.481 e. The number of carboxylic acids is 1. The van der Waals surface area contributed by atoms with E-state index in [4.69, 9.17) is 0 Å². The van der Waals surface area contributed by atoms with Gasteiger partial charge in [-0.1, -0.05) is 12.2 Å². The summed E-state index contributed by atoms with van der Waals surface area (Å²) in [6.45, 7) is 1.55. The van der Waals surface area contributed by atoms with Crippen LogP contribution in [0.25, 0.3) is 0 Å². The highest BCUT2D eigenvalue weighted by molar-refractivity contribution is 7.17. The Kier molecular flexibility index (Phi) is 5.17. The highest BCUT2D eigenvalue weighted by Crippen LogP contribution is 2.49. The van der Waals surface area contributed by atoms with Crippen molar-refractivity contribution in [3.8, 4) is 0 Å². The molecule has 2 fully saturated rings. The second-order valence-electron chi connectivity index (χ2n) is 9.10. The summed E-state index contributed by atoms with van der Waals surface area (Å²) in [6, 6.07) is 0. The number of nitrogens with zero attached hydrogens (tertiary/aromatic N) is 1. The fourth-order valence-corrected chi connectivity index (χ4v) is 7.13. The third-order valence-corrected chi connectivity index (χ3v) is 8.52. The maximum atomic E-state index is 13.4. The lowest BCUT2D eigenvalue weighted by Gasteiger charge is -2.28. The van der Waals surface area contributed by atoms with Crippen LogP contribution in [-0.2, 0) is 22.4 Å². The van der Waals surface area contributed by atoms with Gasteiger partial charge in [-0.05, 0) is 68.8 Å². The van der Waals surface area contributed by atoms with Gasteiger partial charge in [0, 0.05) is 18.0 Å². The maximum Gasteiger partial charge on any atom is 0.307 e. The predicted molar refractivity (Wildman–Crippen MR) is 115 cm³/mol. The van der Waals surface area contributed by atoms with E-state index in [1.54, 1.807) is 0 Å². The van der Waals surface area contributed by atoms with Crippen molar-refractivity contribution in [1.82, 2.24) is 4.90 Å². The van der Waals surface area contributed by atoms with Gasteiger partial charge < -0.3 is 15.3 Å². The molecule has 1 aromatic heterocycles. The summed E-state index contributed by atoms with van der Waals surface area (Å²) in [7, 11) is 0. The number of anilines is 1. The lowest BCUT2D eigenvalue weighted by atomic mass is 9.82. The maximum absolute atomic E-state index is 13.4. The number of piperidine rings is 1. The van der Waals surface area contributed by atoms with E-state index in [-0.39, 0.29) is 23.7 Å². The largest absolute Gasteiger partial charge is 0.481 e. The molecule has 3 aliphatic carbocycles. The molecule has 4 aliphatic rings. The molecule has 6 nitrogen and oxygen atoms in total. The van der Waals surface area contributed by atoms with Crippen LogP contribution in [0.1, 0.15) is 59.3 Å². The number of fused-ring (bicyclic) bond motifs is 3. The summed E-state index contributed by atoms with van der Waals surface area (Å²) < 4.78 is 0. The number of nitrogens with one attached hydrogen (secondary N) is 1. The summed E-state index contributed by atoms with van der Waals surface area (Å²) in [5.74, 6) is -2.42. The first kappa shape index (κ1) is 19.8. The molecule has 2 N–H and O–H groups in total. The molecular formula is C23H28N2O4S. The van der Waals surface area contributed by atoms with Crippen molar-refractivity contribution in [3.63, 3.8) is 0 Å². The topological polar surface area (TPSA) is 86.7 Å². The highest BCUT2D eigenvalue weighted by atomic mass is 32.1. The molecule has 4 atom stereocenters. The summed E-state index contributed by atoms with van der Waals surface area (Å²) >= 11 is 1.53. The number of aliphatic carboxylic acids is 1. The average molecular weight is 429 g/mol. The van der Waals surface area contributed by atoms with Crippen LogP contribution in [0.15, 0.2) is 12.2 Å². The minimum atomic E-state index is -0.901. The molecule has 1 aliphatic heterocycles. The van der Waals surface area contributed by atoms with Gasteiger partial charge in [0.1, 0.15) is 5.00 Å². The summed E-state index contributed by atoms with van der Waals surface area (Å²) in [5.41, 5.74) is 1.79. The predicted octanol–water partition coefficient (Wildman–Crippen LogP) is 3.71. The van der Waals surface area contributed by atoms with E-state index in [9.17, 15) is 19.5 Å². The Hall–Kier alpha value is -2.15. The zero-order valence-corrected chi connectivity index (χ0v) is 17.9. The van der Waals surface area contributed by atoms with Crippen LogP contribution in [0.4, 0.5) is 5.00 Å². The standard InChI is InChI=1S/C23H28N2O4S/c26-20(17-13-8-9-14(12-13)18(17)23(28)29)24-21-19(15-6-2-3-7-16(15)30-21)22(27)25-10-4-1-5-11-25/h8-9,13-14,17-18H,1-7,10-12H2,(H,24,26)(H,28,29)/t13-,14-,17-,18+/m0/s1. The van der Waals surface area contributed by atoms with E-state index in [1.165, 1.54) is 16.2 Å². The fourth-order valence-electron chi connectivity index (χ4n) is 5.85. The Labute approximate surface area is 180 Å². The lowest BCUT2D eigenvalue weighted by molar-refractivity contribution is -0.146. The Bertz CT molecular complexity index is 915. The molecule has 0 unspecified atom stereocenters. The third-order valence-electron chi connectivity index (χ3n) is 7.31. The molecule has 0 spiro atoms. The molecular weight excluding hydrogens is 400 g/mol. The summed E-state index contributed by atoms with van der Waals surface area (Å²) in [4.78, 5) is 41.7.